The molecule has 2 N–H and O–H groups in total. The monoisotopic (exact) mass is 2070 g/mol. The molecule has 7 aromatic heterocycles. The number of benzene rings is 7. The number of rotatable bonds is 21. The summed E-state index contributed by atoms with van der Waals surface area (Å²) in [5.74, 6) is 1.09. The fourth-order valence-corrected chi connectivity index (χ4v) is 15.7. The Morgan fingerprint density at radius 3 is 1.15 bits per heavy atom. The van der Waals surface area contributed by atoms with Crippen LogP contribution in [0.15, 0.2) is 266 Å². The van der Waals surface area contributed by atoms with Crippen LogP contribution in [0, 0.1) is 75.6 Å². The Kier molecular flexibility index (Phi) is 37.3. The molecule has 7 heterocycles. The van der Waals surface area contributed by atoms with E-state index in [1.807, 2.05) is 190 Å². The molecule has 14 heteroatoms. The van der Waals surface area contributed by atoms with Crippen LogP contribution in [0.25, 0.3) is 107 Å². The first-order valence-corrected chi connectivity index (χ1v) is 40.3. The van der Waals surface area contributed by atoms with Crippen molar-refractivity contribution in [2.75, 3.05) is 0 Å². The predicted octanol–water partition coefficient (Wildman–Crippen LogP) is 27.8. The van der Waals surface area contributed by atoms with Crippen LogP contribution in [0.1, 0.15) is 133 Å². The minimum atomic E-state index is -2.14. The summed E-state index contributed by atoms with van der Waals surface area (Å²) in [5.41, 5.74) is 17.9. The fraction of sp³-hybridized carbons (Fsp3) is 0.245. The van der Waals surface area contributed by atoms with E-state index >= 15 is 0 Å². The summed E-state index contributed by atoms with van der Waals surface area (Å²) in [7, 11) is 0. The summed E-state index contributed by atoms with van der Waals surface area (Å²) in [6.07, 6.45) is 11.6. The van der Waals surface area contributed by atoms with E-state index in [0.29, 0.717) is 5.56 Å². The molecular weight excluding hydrogens is 1970 g/mol. The van der Waals surface area contributed by atoms with Crippen molar-refractivity contribution >= 4 is 76.2 Å². The van der Waals surface area contributed by atoms with Gasteiger partial charge in [0.15, 0.2) is 11.6 Å². The Hall–Kier alpha value is -8.61. The molecule has 0 fully saturated rings. The molecule has 112 heavy (non-hydrogen) atoms. The number of allylic oxidation sites excluding steroid dienone is 4. The smallest absolute Gasteiger partial charge is 0.162 e. The molecular formula is C98H100Ir3N4O4S3-4. The number of pyridine rings is 4. The number of ketones is 2. The van der Waals surface area contributed by atoms with Gasteiger partial charge in [-0.1, -0.05) is 178 Å². The van der Waals surface area contributed by atoms with Crippen LogP contribution in [-0.4, -0.2) is 41.7 Å². The van der Waals surface area contributed by atoms with Gasteiger partial charge in [-0.2, -0.15) is 0 Å². The van der Waals surface area contributed by atoms with Crippen molar-refractivity contribution < 1.29 is 84.2 Å². The first-order chi connectivity index (χ1) is 54.2. The minimum Gasteiger partial charge on any atom is -0.512 e. The zero-order valence-electron chi connectivity index (χ0n) is 68.4. The number of carbonyl (C=O) groups excluding carboxylic acids is 2. The largest absolute Gasteiger partial charge is 0.512 e. The van der Waals surface area contributed by atoms with Crippen molar-refractivity contribution in [1.29, 1.82) is 0 Å². The molecule has 0 unspecified atom stereocenters. The number of aryl methyl sites for hydroxylation is 4. The maximum absolute atomic E-state index is 11.7. The summed E-state index contributed by atoms with van der Waals surface area (Å²) in [5, 5.41) is 19.5. The van der Waals surface area contributed by atoms with Crippen molar-refractivity contribution in [2.24, 2.45) is 23.7 Å². The standard InChI is InChI=1S/2C21H16NS.C19H12NS.2C13H24O2.C11H8N.3Ir/c1-14-7-6-8-15(2)21(14)20-13-18-19(23-20)12-11-17(22-18)16-9-4-3-5-10-16;1-14-10-15(2)12-17(11-14)18-8-9-20-19(22-18)13-21(23-20)16-6-4-3-5-7-16;1-3-7-14(8-4-1)16-11-12-18-17(20-16)13-19(21-18)15-9-5-2-6-10-15;2*1-5-10(6-2)12(14)9-13(15)11(7-3)8-4;1-2-6-10(7-3-1)11-8-4-5-9-12-11;;;/h3-9,11-13H,1-2H3;3-11,13H,1-2H3;1-7,9-13H;2*9-11,14H,5-8H2,1-4H3;1-6,8-9H;;;/q3*-1;;;-1;;;/i1D3;;;;;;;;. The van der Waals surface area contributed by atoms with Crippen LogP contribution in [0.3, 0.4) is 0 Å². The van der Waals surface area contributed by atoms with Gasteiger partial charge < -0.3 is 15.2 Å². The van der Waals surface area contributed by atoms with Gasteiger partial charge in [-0.25, -0.2) is 0 Å². The number of aromatic nitrogens is 4. The van der Waals surface area contributed by atoms with Crippen molar-refractivity contribution in [3.63, 3.8) is 0 Å². The van der Waals surface area contributed by atoms with Gasteiger partial charge in [0.1, 0.15) is 0 Å². The van der Waals surface area contributed by atoms with Crippen LogP contribution in [0.4, 0.5) is 0 Å². The normalized spacial score (nSPS) is 11.5. The first-order valence-electron chi connectivity index (χ1n) is 39.3. The number of aliphatic hydroxyl groups excluding tert-OH is 2. The first kappa shape index (κ1) is 87.4. The second-order valence-corrected chi connectivity index (χ2v) is 29.8. The molecule has 0 aliphatic heterocycles. The molecule has 0 atom stereocenters. The fourth-order valence-electron chi connectivity index (χ4n) is 12.6. The maximum atomic E-state index is 11.7. The molecule has 0 saturated heterocycles. The quantitative estimate of drug-likeness (QED) is 0.0414. The molecule has 0 saturated carbocycles. The molecule has 0 aliphatic rings. The van der Waals surface area contributed by atoms with Gasteiger partial charge in [0.2, 0.25) is 0 Å². The molecule has 0 aliphatic carbocycles. The van der Waals surface area contributed by atoms with Gasteiger partial charge in [0.25, 0.3) is 0 Å². The molecule has 14 rings (SSSR count). The third kappa shape index (κ3) is 26.5. The van der Waals surface area contributed by atoms with E-state index in [9.17, 15) is 19.8 Å². The van der Waals surface area contributed by atoms with Crippen LogP contribution < -0.4 is 0 Å². The molecule has 8 nitrogen and oxygen atoms in total. The molecule has 14 aromatic rings. The van der Waals surface area contributed by atoms with Crippen molar-refractivity contribution in [3.8, 4) is 76.4 Å². The number of nitrogens with zero attached hydrogens (tertiary/aromatic N) is 4. The average Bonchev–Trinajstić information content (AvgIpc) is 1.66. The van der Waals surface area contributed by atoms with E-state index in [-0.39, 0.29) is 107 Å². The van der Waals surface area contributed by atoms with Crippen molar-refractivity contribution in [2.45, 2.75) is 134 Å². The average molecular weight is 2070 g/mol. The topological polar surface area (TPSA) is 126 Å². The molecule has 0 amide bonds. The van der Waals surface area contributed by atoms with Crippen LogP contribution in [0.2, 0.25) is 0 Å². The van der Waals surface area contributed by atoms with Crippen LogP contribution in [0.5, 0.6) is 0 Å². The Labute approximate surface area is 721 Å². The summed E-state index contributed by atoms with van der Waals surface area (Å²) in [6, 6.07) is 91.8. The van der Waals surface area contributed by atoms with E-state index in [0.717, 1.165) is 139 Å². The molecule has 3 radical (unpaired) electrons. The van der Waals surface area contributed by atoms with E-state index < -0.39 is 6.85 Å². The number of aliphatic hydroxyl groups is 2. The van der Waals surface area contributed by atoms with Gasteiger partial charge in [0, 0.05) is 121 Å². The predicted molar refractivity (Wildman–Crippen MR) is 463 cm³/mol. The van der Waals surface area contributed by atoms with Crippen molar-refractivity contribution in [1.82, 2.24) is 19.9 Å². The van der Waals surface area contributed by atoms with E-state index in [1.165, 1.54) is 48.0 Å². The Morgan fingerprint density at radius 2 is 0.777 bits per heavy atom. The van der Waals surface area contributed by atoms with Gasteiger partial charge in [-0.05, 0) is 158 Å². The molecule has 585 valence electrons. The number of hydrogen-bond acceptors (Lipinski definition) is 11. The third-order valence-electron chi connectivity index (χ3n) is 19.0. The van der Waals surface area contributed by atoms with Crippen LogP contribution >= 0.6 is 34.0 Å². The Morgan fingerprint density at radius 1 is 0.402 bits per heavy atom. The Bertz CT molecular complexity index is 5200. The van der Waals surface area contributed by atoms with Gasteiger partial charge in [-0.15, -0.1) is 177 Å². The minimum absolute atomic E-state index is 0. The summed E-state index contributed by atoms with van der Waals surface area (Å²) >= 11 is 5.15. The van der Waals surface area contributed by atoms with E-state index in [1.54, 1.807) is 52.3 Å². The SMILES string of the molecule is CCC(CC)C(=O)C=C(O)C(CC)CC.CCC(CC)C(=O)C=C(O)C(CC)CC.Cc1[c-]c(-c2ccc3sc(-c4ccccc4)cc3n2)cc(C)c1.[2H]C([2H])([2H])c1cccc(C)c1-c1cc2nc(-c3[c-]cccc3)ccc2s1.[Ir].[Ir].[Ir].[c-]1ccccc1-c1ccc2sc(-c3ccccc3)cc2n1.[c-]1ccccc1-c1ccccn1. The molecule has 0 spiro atoms. The van der Waals surface area contributed by atoms with Gasteiger partial charge in [0.05, 0.1) is 42.2 Å². The van der Waals surface area contributed by atoms with Gasteiger partial charge in [-0.3, -0.25) is 24.5 Å². The molecule has 7 aromatic carbocycles. The summed E-state index contributed by atoms with van der Waals surface area (Å²) in [4.78, 5) is 45.5. The number of carbonyl (C=O) groups is 2. The van der Waals surface area contributed by atoms with Crippen LogP contribution in [-0.2, 0) is 69.9 Å². The zero-order valence-corrected chi connectivity index (χ0v) is 75.1. The van der Waals surface area contributed by atoms with Crippen molar-refractivity contribution in [3.05, 3.63) is 313 Å². The third-order valence-corrected chi connectivity index (χ3v) is 22.3. The number of fused-ring (bicyclic) bond motifs is 3. The summed E-state index contributed by atoms with van der Waals surface area (Å²) in [6.45, 7) is 20.1. The second-order valence-electron chi connectivity index (χ2n) is 26.6. The Balaban J connectivity index is 0.000000218. The number of thiophene rings is 3. The zero-order chi connectivity index (χ0) is 80.1. The van der Waals surface area contributed by atoms with E-state index in [2.05, 4.69) is 140 Å². The second kappa shape index (κ2) is 47.8. The number of hydrogen-bond donors (Lipinski definition) is 2. The maximum Gasteiger partial charge on any atom is 0.162 e. The molecule has 0 bridgehead atoms. The van der Waals surface area contributed by atoms with E-state index in [4.69, 9.17) is 19.1 Å². The van der Waals surface area contributed by atoms with Gasteiger partial charge >= 0.3 is 0 Å². The summed E-state index contributed by atoms with van der Waals surface area (Å²) < 4.78 is 27.1.